The molecule has 0 bridgehead atoms. The molecule has 19 heavy (non-hydrogen) atoms. The van der Waals surface area contributed by atoms with E-state index in [0.717, 1.165) is 16.9 Å². The molecule has 6 heteroatoms. The SMILES string of the molecule is COc1ccccc1-n1nc(C)c2ncnc(Cl)c21. The van der Waals surface area contributed by atoms with E-state index in [9.17, 15) is 0 Å². The first-order valence-electron chi connectivity index (χ1n) is 5.71. The highest BCUT2D eigenvalue weighted by atomic mass is 35.5. The molecule has 1 aromatic carbocycles. The Balaban J connectivity index is 2.37. The molecular weight excluding hydrogens is 264 g/mol. The van der Waals surface area contributed by atoms with E-state index >= 15 is 0 Å². The number of aryl methyl sites for hydroxylation is 1. The maximum absolute atomic E-state index is 6.17. The zero-order chi connectivity index (χ0) is 13.4. The van der Waals surface area contributed by atoms with Crippen molar-refractivity contribution in [2.24, 2.45) is 0 Å². The number of aromatic nitrogens is 4. The van der Waals surface area contributed by atoms with Crippen LogP contribution in [-0.4, -0.2) is 26.9 Å². The van der Waals surface area contributed by atoms with Crippen LogP contribution in [0, 0.1) is 6.92 Å². The minimum absolute atomic E-state index is 0.372. The quantitative estimate of drug-likeness (QED) is 0.674. The molecule has 0 saturated carbocycles. The Morgan fingerprint density at radius 2 is 2.00 bits per heavy atom. The molecule has 0 amide bonds. The maximum Gasteiger partial charge on any atom is 0.158 e. The van der Waals surface area contributed by atoms with Gasteiger partial charge >= 0.3 is 0 Å². The Bertz CT molecular complexity index is 753. The number of ether oxygens (including phenoxy) is 1. The molecule has 0 unspecified atom stereocenters. The van der Waals surface area contributed by atoms with E-state index in [2.05, 4.69) is 15.1 Å². The van der Waals surface area contributed by atoms with Crippen molar-refractivity contribution in [3.63, 3.8) is 0 Å². The highest BCUT2D eigenvalue weighted by molar-refractivity contribution is 6.33. The zero-order valence-corrected chi connectivity index (χ0v) is 11.2. The molecule has 0 aliphatic rings. The molecule has 2 aromatic heterocycles. The van der Waals surface area contributed by atoms with Crippen LogP contribution in [0.4, 0.5) is 0 Å². The van der Waals surface area contributed by atoms with Crippen LogP contribution >= 0.6 is 11.6 Å². The largest absolute Gasteiger partial charge is 0.494 e. The number of rotatable bonds is 2. The Kier molecular flexibility index (Phi) is 2.83. The summed E-state index contributed by atoms with van der Waals surface area (Å²) >= 11 is 6.17. The summed E-state index contributed by atoms with van der Waals surface area (Å²) in [6.07, 6.45) is 1.44. The van der Waals surface area contributed by atoms with Gasteiger partial charge < -0.3 is 4.74 Å². The van der Waals surface area contributed by atoms with Crippen LogP contribution < -0.4 is 4.74 Å². The summed E-state index contributed by atoms with van der Waals surface area (Å²) < 4.78 is 7.07. The average molecular weight is 275 g/mol. The monoisotopic (exact) mass is 274 g/mol. The first-order valence-corrected chi connectivity index (χ1v) is 6.09. The fourth-order valence-electron chi connectivity index (χ4n) is 2.04. The molecule has 0 aliphatic carbocycles. The minimum atomic E-state index is 0.372. The summed E-state index contributed by atoms with van der Waals surface area (Å²) in [5, 5.41) is 4.85. The molecule has 0 saturated heterocycles. The second-order valence-electron chi connectivity index (χ2n) is 4.03. The third-order valence-corrected chi connectivity index (χ3v) is 3.17. The lowest BCUT2D eigenvalue weighted by Gasteiger charge is -2.09. The number of hydrogen-bond acceptors (Lipinski definition) is 4. The van der Waals surface area contributed by atoms with Crippen LogP contribution in [0.15, 0.2) is 30.6 Å². The van der Waals surface area contributed by atoms with Crippen molar-refractivity contribution >= 4 is 22.6 Å². The molecule has 3 aromatic rings. The maximum atomic E-state index is 6.17. The highest BCUT2D eigenvalue weighted by Gasteiger charge is 2.16. The first-order chi connectivity index (χ1) is 9.22. The topological polar surface area (TPSA) is 52.8 Å². The summed E-state index contributed by atoms with van der Waals surface area (Å²) in [7, 11) is 1.62. The first kappa shape index (κ1) is 11.9. The molecule has 0 radical (unpaired) electrons. The predicted octanol–water partition coefficient (Wildman–Crippen LogP) is 2.79. The Labute approximate surface area is 114 Å². The standard InChI is InChI=1S/C13H11ClN4O/c1-8-11-12(13(14)16-7-15-11)18(17-8)9-5-3-4-6-10(9)19-2/h3-7H,1-2H3. The normalized spacial score (nSPS) is 10.9. The van der Waals surface area contributed by atoms with Crippen molar-refractivity contribution < 1.29 is 4.74 Å². The number of benzene rings is 1. The average Bonchev–Trinajstić information content (AvgIpc) is 2.78. The molecular formula is C13H11ClN4O. The number of para-hydroxylation sites is 2. The van der Waals surface area contributed by atoms with Crippen molar-refractivity contribution in [2.75, 3.05) is 7.11 Å². The van der Waals surface area contributed by atoms with E-state index in [1.54, 1.807) is 11.8 Å². The minimum Gasteiger partial charge on any atom is -0.494 e. The van der Waals surface area contributed by atoms with Crippen molar-refractivity contribution in [2.45, 2.75) is 6.92 Å². The van der Waals surface area contributed by atoms with Gasteiger partial charge in [-0.1, -0.05) is 23.7 Å². The number of hydrogen-bond donors (Lipinski definition) is 0. The van der Waals surface area contributed by atoms with Gasteiger partial charge in [-0.05, 0) is 19.1 Å². The number of halogens is 1. The van der Waals surface area contributed by atoms with Gasteiger partial charge in [0.2, 0.25) is 0 Å². The number of methoxy groups -OCH3 is 1. The van der Waals surface area contributed by atoms with E-state index in [0.29, 0.717) is 16.4 Å². The summed E-state index contributed by atoms with van der Waals surface area (Å²) in [5.41, 5.74) is 3.03. The second kappa shape index (κ2) is 4.51. The molecule has 2 heterocycles. The van der Waals surface area contributed by atoms with Gasteiger partial charge in [0, 0.05) is 0 Å². The van der Waals surface area contributed by atoms with Crippen LogP contribution in [-0.2, 0) is 0 Å². The van der Waals surface area contributed by atoms with Crippen LogP contribution in [0.3, 0.4) is 0 Å². The van der Waals surface area contributed by atoms with E-state index in [4.69, 9.17) is 16.3 Å². The van der Waals surface area contributed by atoms with Gasteiger partial charge in [-0.25, -0.2) is 14.6 Å². The lowest BCUT2D eigenvalue weighted by atomic mass is 10.3. The van der Waals surface area contributed by atoms with Gasteiger partial charge in [-0.2, -0.15) is 5.10 Å². The van der Waals surface area contributed by atoms with E-state index in [1.165, 1.54) is 6.33 Å². The lowest BCUT2D eigenvalue weighted by Crippen LogP contribution is -2.00. The summed E-state index contributed by atoms with van der Waals surface area (Å²) in [6.45, 7) is 1.89. The Morgan fingerprint density at radius 3 is 2.79 bits per heavy atom. The predicted molar refractivity (Wildman–Crippen MR) is 73.0 cm³/mol. The Hall–Kier alpha value is -2.14. The van der Waals surface area contributed by atoms with Crippen molar-refractivity contribution in [3.8, 4) is 11.4 Å². The highest BCUT2D eigenvalue weighted by Crippen LogP contribution is 2.29. The molecule has 0 aliphatic heterocycles. The van der Waals surface area contributed by atoms with Gasteiger partial charge in [0.1, 0.15) is 28.8 Å². The molecule has 0 N–H and O–H groups in total. The third kappa shape index (κ3) is 1.82. The molecule has 0 spiro atoms. The fourth-order valence-corrected chi connectivity index (χ4v) is 2.25. The van der Waals surface area contributed by atoms with Crippen molar-refractivity contribution in [1.29, 1.82) is 0 Å². The van der Waals surface area contributed by atoms with E-state index in [-0.39, 0.29) is 0 Å². The van der Waals surface area contributed by atoms with E-state index in [1.807, 2.05) is 31.2 Å². The smallest absolute Gasteiger partial charge is 0.158 e. The van der Waals surface area contributed by atoms with Crippen LogP contribution in [0.5, 0.6) is 5.75 Å². The summed E-state index contributed by atoms with van der Waals surface area (Å²) in [4.78, 5) is 8.24. The van der Waals surface area contributed by atoms with Gasteiger partial charge in [0.15, 0.2) is 5.15 Å². The summed E-state index contributed by atoms with van der Waals surface area (Å²) in [5.74, 6) is 0.715. The number of nitrogens with zero attached hydrogens (tertiary/aromatic N) is 4. The van der Waals surface area contributed by atoms with Crippen molar-refractivity contribution in [1.82, 2.24) is 19.7 Å². The fraction of sp³-hybridized carbons (Fsp3) is 0.154. The van der Waals surface area contributed by atoms with Crippen LogP contribution in [0.2, 0.25) is 5.15 Å². The molecule has 5 nitrogen and oxygen atoms in total. The molecule has 0 atom stereocenters. The second-order valence-corrected chi connectivity index (χ2v) is 4.39. The van der Waals surface area contributed by atoms with Crippen LogP contribution in [0.1, 0.15) is 5.69 Å². The zero-order valence-electron chi connectivity index (χ0n) is 10.5. The van der Waals surface area contributed by atoms with Gasteiger partial charge in [-0.3, -0.25) is 0 Å². The lowest BCUT2D eigenvalue weighted by molar-refractivity contribution is 0.412. The van der Waals surface area contributed by atoms with Gasteiger partial charge in [0.05, 0.1) is 12.8 Å². The van der Waals surface area contributed by atoms with E-state index < -0.39 is 0 Å². The third-order valence-electron chi connectivity index (χ3n) is 2.90. The molecule has 96 valence electrons. The van der Waals surface area contributed by atoms with Crippen molar-refractivity contribution in [3.05, 3.63) is 41.4 Å². The van der Waals surface area contributed by atoms with Gasteiger partial charge in [0.25, 0.3) is 0 Å². The van der Waals surface area contributed by atoms with Gasteiger partial charge in [-0.15, -0.1) is 0 Å². The van der Waals surface area contributed by atoms with Crippen LogP contribution in [0.25, 0.3) is 16.7 Å². The Morgan fingerprint density at radius 1 is 1.21 bits per heavy atom. The summed E-state index contributed by atoms with van der Waals surface area (Å²) in [6, 6.07) is 7.60. The number of fused-ring (bicyclic) bond motifs is 1. The molecule has 3 rings (SSSR count). The molecule has 0 fully saturated rings.